The maximum atomic E-state index is 11.5. The molecule has 0 aliphatic carbocycles. The van der Waals surface area contributed by atoms with Crippen molar-refractivity contribution >= 4 is 23.5 Å². The van der Waals surface area contributed by atoms with E-state index in [-0.39, 0.29) is 23.5 Å². The van der Waals surface area contributed by atoms with Crippen LogP contribution in [0.5, 0.6) is 0 Å². The maximum Gasteiger partial charge on any atom is 0.277 e. The smallest absolute Gasteiger partial charge is 0.277 e. The second-order valence-electron chi connectivity index (χ2n) is 3.15. The summed E-state index contributed by atoms with van der Waals surface area (Å²) in [6.45, 7) is 1.93. The zero-order chi connectivity index (χ0) is 11.3. The number of aromatic nitrogens is 2. The topological polar surface area (TPSA) is 94.0 Å². The molecule has 0 radical (unpaired) electrons. The third-order valence-electron chi connectivity index (χ3n) is 1.86. The molecule has 84 valence electrons. The largest absolute Gasteiger partial charge is 0.379 e. The molecule has 1 amide bonds. The summed E-state index contributed by atoms with van der Waals surface area (Å²) >= 11 is 1.74. The number of hydrogen-bond acceptors (Lipinski definition) is 6. The van der Waals surface area contributed by atoms with Crippen LogP contribution in [-0.2, 0) is 0 Å². The molecule has 15 heavy (non-hydrogen) atoms. The fraction of sp³-hybridized carbons (Fsp3) is 0.625. The second-order valence-corrected chi connectivity index (χ2v) is 4.14. The molecule has 0 saturated carbocycles. The molecule has 0 saturated heterocycles. The third-order valence-corrected chi connectivity index (χ3v) is 2.51. The fourth-order valence-electron chi connectivity index (χ4n) is 1.01. The highest BCUT2D eigenvalue weighted by atomic mass is 32.2. The quantitative estimate of drug-likeness (QED) is 0.766. The van der Waals surface area contributed by atoms with E-state index < -0.39 is 0 Å². The molecule has 0 aliphatic rings. The van der Waals surface area contributed by atoms with E-state index in [4.69, 9.17) is 5.73 Å². The lowest BCUT2D eigenvalue weighted by atomic mass is 10.2. The third kappa shape index (κ3) is 3.43. The van der Waals surface area contributed by atoms with Crippen molar-refractivity contribution in [3.8, 4) is 0 Å². The Morgan fingerprint density at radius 1 is 1.67 bits per heavy atom. The highest BCUT2D eigenvalue weighted by molar-refractivity contribution is 7.98. The number of nitrogens with two attached hydrogens (primary N) is 1. The first kappa shape index (κ1) is 11.8. The van der Waals surface area contributed by atoms with Gasteiger partial charge in [-0.3, -0.25) is 4.79 Å². The number of thioether (sulfide) groups is 1. The Bertz CT molecular complexity index is 328. The first-order valence-electron chi connectivity index (χ1n) is 4.53. The zero-order valence-electron chi connectivity index (χ0n) is 8.69. The van der Waals surface area contributed by atoms with E-state index in [2.05, 4.69) is 20.3 Å². The van der Waals surface area contributed by atoms with Gasteiger partial charge in [0, 0.05) is 6.04 Å². The van der Waals surface area contributed by atoms with Crippen molar-refractivity contribution in [3.63, 3.8) is 0 Å². The highest BCUT2D eigenvalue weighted by Crippen LogP contribution is 2.05. The number of nitrogens with zero attached hydrogens (tertiary/aromatic N) is 2. The number of anilines is 1. The van der Waals surface area contributed by atoms with Gasteiger partial charge in [-0.1, -0.05) is 0 Å². The van der Waals surface area contributed by atoms with Crippen LogP contribution in [0.25, 0.3) is 0 Å². The molecular weight excluding hydrogens is 216 g/mol. The van der Waals surface area contributed by atoms with Crippen LogP contribution in [0.2, 0.25) is 0 Å². The summed E-state index contributed by atoms with van der Waals surface area (Å²) in [7, 11) is 0. The Morgan fingerprint density at radius 2 is 2.40 bits per heavy atom. The molecule has 0 spiro atoms. The minimum absolute atomic E-state index is 0.0181. The van der Waals surface area contributed by atoms with Crippen LogP contribution in [0.3, 0.4) is 0 Å². The number of rotatable bonds is 5. The second kappa shape index (κ2) is 5.59. The lowest BCUT2D eigenvalue weighted by molar-refractivity contribution is 0.0930. The van der Waals surface area contributed by atoms with E-state index in [1.165, 1.54) is 0 Å². The molecule has 0 bridgehead atoms. The standard InChI is InChI=1S/C8H14N4O2S/c1-5(3-4-15-2)10-8(13)6-7(9)12-14-11-6/h5H,3-4H2,1-2H3,(H2,9,12)(H,10,13). The average Bonchev–Trinajstić information content (AvgIpc) is 2.61. The van der Waals surface area contributed by atoms with E-state index in [9.17, 15) is 4.79 Å². The molecule has 1 atom stereocenters. The Morgan fingerprint density at radius 3 is 2.93 bits per heavy atom. The SMILES string of the molecule is CSCCC(C)NC(=O)c1nonc1N. The van der Waals surface area contributed by atoms with Crippen LogP contribution in [-0.4, -0.2) is 34.3 Å². The highest BCUT2D eigenvalue weighted by Gasteiger charge is 2.17. The summed E-state index contributed by atoms with van der Waals surface area (Å²) in [5.74, 6) is 0.667. The van der Waals surface area contributed by atoms with Gasteiger partial charge in [-0.15, -0.1) is 0 Å². The number of carbonyl (C=O) groups excluding carboxylic acids is 1. The van der Waals surface area contributed by atoms with Gasteiger partial charge >= 0.3 is 0 Å². The van der Waals surface area contributed by atoms with E-state index in [0.717, 1.165) is 12.2 Å². The van der Waals surface area contributed by atoms with Gasteiger partial charge in [-0.2, -0.15) is 11.8 Å². The first-order valence-corrected chi connectivity index (χ1v) is 5.92. The van der Waals surface area contributed by atoms with Crippen molar-refractivity contribution in [1.29, 1.82) is 0 Å². The first-order chi connectivity index (χ1) is 7.15. The molecule has 1 aromatic heterocycles. The summed E-state index contributed by atoms with van der Waals surface area (Å²) < 4.78 is 4.34. The van der Waals surface area contributed by atoms with Crippen LogP contribution in [0.15, 0.2) is 4.63 Å². The van der Waals surface area contributed by atoms with Crippen molar-refractivity contribution in [1.82, 2.24) is 15.6 Å². The normalized spacial score (nSPS) is 12.4. The minimum atomic E-state index is -0.345. The number of hydrogen-bond donors (Lipinski definition) is 2. The Labute approximate surface area is 91.9 Å². The summed E-state index contributed by atoms with van der Waals surface area (Å²) in [5.41, 5.74) is 5.43. The lowest BCUT2D eigenvalue weighted by Crippen LogP contribution is -2.33. The van der Waals surface area contributed by atoms with Gasteiger partial charge in [0.2, 0.25) is 11.5 Å². The predicted octanol–water partition coefficient (Wildman–Crippen LogP) is 0.523. The van der Waals surface area contributed by atoms with Crippen molar-refractivity contribution in [2.75, 3.05) is 17.7 Å². The van der Waals surface area contributed by atoms with E-state index in [1.54, 1.807) is 11.8 Å². The van der Waals surface area contributed by atoms with Crippen LogP contribution in [0.4, 0.5) is 5.82 Å². The number of nitrogen functional groups attached to an aromatic ring is 1. The van der Waals surface area contributed by atoms with Crippen LogP contribution in [0.1, 0.15) is 23.8 Å². The molecular formula is C8H14N4O2S. The van der Waals surface area contributed by atoms with Crippen LogP contribution in [0, 0.1) is 0 Å². The zero-order valence-corrected chi connectivity index (χ0v) is 9.50. The van der Waals surface area contributed by atoms with Crippen molar-refractivity contribution < 1.29 is 9.42 Å². The Balaban J connectivity index is 2.46. The molecule has 1 unspecified atom stereocenters. The van der Waals surface area contributed by atoms with Gasteiger partial charge in [-0.05, 0) is 35.7 Å². The van der Waals surface area contributed by atoms with Crippen LogP contribution < -0.4 is 11.1 Å². The number of nitrogens with one attached hydrogen (secondary N) is 1. The van der Waals surface area contributed by atoms with Gasteiger partial charge in [-0.25, -0.2) is 4.63 Å². The monoisotopic (exact) mass is 230 g/mol. The van der Waals surface area contributed by atoms with Crippen molar-refractivity contribution in [2.24, 2.45) is 0 Å². The predicted molar refractivity (Wildman–Crippen MR) is 58.6 cm³/mol. The molecule has 1 heterocycles. The molecule has 1 aromatic rings. The lowest BCUT2D eigenvalue weighted by Gasteiger charge is -2.11. The molecule has 1 rings (SSSR count). The Hall–Kier alpha value is -1.24. The van der Waals surface area contributed by atoms with E-state index in [0.29, 0.717) is 0 Å². The van der Waals surface area contributed by atoms with E-state index in [1.807, 2.05) is 13.2 Å². The fourth-order valence-corrected chi connectivity index (χ4v) is 1.60. The molecule has 3 N–H and O–H groups in total. The number of amides is 1. The molecule has 0 aliphatic heterocycles. The molecule has 7 heteroatoms. The van der Waals surface area contributed by atoms with Gasteiger partial charge in [0.1, 0.15) is 0 Å². The van der Waals surface area contributed by atoms with Crippen molar-refractivity contribution in [3.05, 3.63) is 5.69 Å². The Kier molecular flexibility index (Phi) is 4.41. The average molecular weight is 230 g/mol. The maximum absolute atomic E-state index is 11.5. The van der Waals surface area contributed by atoms with Gasteiger partial charge in [0.15, 0.2) is 0 Å². The van der Waals surface area contributed by atoms with Gasteiger partial charge in [0.05, 0.1) is 0 Å². The van der Waals surface area contributed by atoms with E-state index >= 15 is 0 Å². The van der Waals surface area contributed by atoms with Gasteiger partial charge in [0.25, 0.3) is 5.91 Å². The summed E-state index contributed by atoms with van der Waals surface area (Å²) in [6.07, 6.45) is 2.92. The van der Waals surface area contributed by atoms with Gasteiger partial charge < -0.3 is 11.1 Å². The van der Waals surface area contributed by atoms with Crippen molar-refractivity contribution in [2.45, 2.75) is 19.4 Å². The number of carbonyl (C=O) groups is 1. The summed E-state index contributed by atoms with van der Waals surface area (Å²) in [4.78, 5) is 11.5. The summed E-state index contributed by atoms with van der Waals surface area (Å²) in [6, 6.07) is 0.0843. The molecule has 0 aromatic carbocycles. The minimum Gasteiger partial charge on any atom is -0.379 e. The summed E-state index contributed by atoms with van der Waals surface area (Å²) in [5, 5.41) is 9.52. The van der Waals surface area contributed by atoms with Crippen LogP contribution >= 0.6 is 11.8 Å². The molecule has 6 nitrogen and oxygen atoms in total. The molecule has 0 fully saturated rings.